The topological polar surface area (TPSA) is 0 Å². The molecule has 0 unspecified atom stereocenters. The Bertz CT molecular complexity index is 225. The molecule has 0 amide bonds. The summed E-state index contributed by atoms with van der Waals surface area (Å²) in [6.45, 7) is 7.01. The Kier molecular flexibility index (Phi) is 8.32. The summed E-state index contributed by atoms with van der Waals surface area (Å²) in [7, 11) is -2.22. The van der Waals surface area contributed by atoms with E-state index in [1.165, 1.54) is 56.7 Å². The van der Waals surface area contributed by atoms with Gasteiger partial charge in [-0.15, -0.1) is 0 Å². The molecule has 0 aromatic rings. The molecule has 0 N–H and O–H groups in total. The molecular weight excluding hydrogens is 284 g/mol. The van der Waals surface area contributed by atoms with Gasteiger partial charge in [0.25, 0.3) is 0 Å². The van der Waals surface area contributed by atoms with E-state index in [0.29, 0.717) is 0 Å². The molecule has 0 aromatic heterocycles. The van der Waals surface area contributed by atoms with Crippen LogP contribution in [0.5, 0.6) is 0 Å². The Balaban J connectivity index is 2.52. The summed E-state index contributed by atoms with van der Waals surface area (Å²) in [6, 6.07) is 10.7. The van der Waals surface area contributed by atoms with E-state index in [9.17, 15) is 0 Å². The van der Waals surface area contributed by atoms with Crippen molar-refractivity contribution in [3.05, 3.63) is 0 Å². The molecule has 0 atom stereocenters. The molecule has 0 aliphatic carbocycles. The van der Waals surface area contributed by atoms with Crippen molar-refractivity contribution in [2.45, 2.75) is 102 Å². The van der Waals surface area contributed by atoms with Crippen molar-refractivity contribution in [3.8, 4) is 0 Å². The molecule has 1 aliphatic heterocycles. The fourth-order valence-corrected chi connectivity index (χ4v) is 19.1. The van der Waals surface area contributed by atoms with Crippen LogP contribution in [0.15, 0.2) is 0 Å². The maximum Gasteiger partial charge on any atom is 0.156 e. The van der Waals surface area contributed by atoms with Gasteiger partial charge >= 0.3 is 0 Å². The van der Waals surface area contributed by atoms with Crippen molar-refractivity contribution < 1.29 is 0 Å². The predicted octanol–water partition coefficient (Wildman–Crippen LogP) is 7.03. The molecule has 0 radical (unpaired) electrons. The maximum atomic E-state index is 7.01. The Morgan fingerprint density at radius 1 is 0.684 bits per heavy atom. The molecule has 0 aromatic carbocycles. The second kappa shape index (κ2) is 8.89. The number of rotatable bonds is 9. The van der Waals surface area contributed by atoms with E-state index >= 15 is 0 Å². The maximum absolute atomic E-state index is 7.01. The second-order valence-electron chi connectivity index (χ2n) is 6.96. The van der Waals surface area contributed by atoms with E-state index in [0.717, 1.165) is 0 Å². The van der Waals surface area contributed by atoms with Crippen molar-refractivity contribution in [1.82, 2.24) is 0 Å². The predicted molar refractivity (Wildman–Crippen MR) is 95.7 cm³/mol. The zero-order valence-corrected chi connectivity index (χ0v) is 16.3. The third-order valence-corrected chi connectivity index (χ3v) is 17.0. The standard InChI is InChI=1S/C16H35ClSi2/c1-4-7-10-18(11-8-5-2)13-15-19(17,16-14-18)12-9-6-3/h4-16H2,1-3H3. The lowest BCUT2D eigenvalue weighted by Gasteiger charge is -2.42. The summed E-state index contributed by atoms with van der Waals surface area (Å²) in [4.78, 5) is 0. The average molecular weight is 319 g/mol. The van der Waals surface area contributed by atoms with Crippen LogP contribution >= 0.6 is 11.1 Å². The van der Waals surface area contributed by atoms with Crippen LogP contribution in [0.1, 0.15) is 59.3 Å². The van der Waals surface area contributed by atoms with Crippen molar-refractivity contribution >= 4 is 26.5 Å². The third-order valence-electron chi connectivity index (χ3n) is 5.31. The van der Waals surface area contributed by atoms with Gasteiger partial charge in [-0.05, 0) is 18.1 Å². The molecule has 0 bridgehead atoms. The first-order valence-corrected chi connectivity index (χ1v) is 15.2. The molecule has 0 spiro atoms. The van der Waals surface area contributed by atoms with E-state index in [1.807, 2.05) is 0 Å². The van der Waals surface area contributed by atoms with Gasteiger partial charge in [-0.25, -0.2) is 0 Å². The van der Waals surface area contributed by atoms with Crippen molar-refractivity contribution in [2.75, 3.05) is 0 Å². The van der Waals surface area contributed by atoms with E-state index in [2.05, 4.69) is 20.8 Å². The number of halogens is 1. The summed E-state index contributed by atoms with van der Waals surface area (Å²) in [6.07, 6.45) is 8.47. The first kappa shape index (κ1) is 17.8. The SMILES string of the molecule is CCCC[Si]1(Cl)CC[Si](CCCC)(CCCC)CC1. The minimum absolute atomic E-state index is 0.902. The molecule has 0 nitrogen and oxygen atoms in total. The second-order valence-corrected chi connectivity index (χ2v) is 18.2. The summed E-state index contributed by atoms with van der Waals surface area (Å²) < 4.78 is 0. The highest BCUT2D eigenvalue weighted by Crippen LogP contribution is 2.45. The molecule has 1 heterocycles. The average Bonchev–Trinajstić information content (AvgIpc) is 2.44. The lowest BCUT2D eigenvalue weighted by Crippen LogP contribution is -2.44. The van der Waals surface area contributed by atoms with Crippen LogP contribution in [0.4, 0.5) is 0 Å². The zero-order chi connectivity index (χ0) is 14.2. The fraction of sp³-hybridized carbons (Fsp3) is 1.00. The highest BCUT2D eigenvalue weighted by atomic mass is 35.6. The van der Waals surface area contributed by atoms with Crippen molar-refractivity contribution in [3.63, 3.8) is 0 Å². The van der Waals surface area contributed by atoms with Gasteiger partial charge in [0.2, 0.25) is 0 Å². The molecule has 114 valence electrons. The van der Waals surface area contributed by atoms with Gasteiger partial charge in [-0.2, -0.15) is 11.1 Å². The Labute approximate surface area is 128 Å². The Morgan fingerprint density at radius 3 is 1.53 bits per heavy atom. The number of hydrogen-bond acceptors (Lipinski definition) is 0. The van der Waals surface area contributed by atoms with E-state index in [-0.39, 0.29) is 0 Å². The monoisotopic (exact) mass is 318 g/mol. The van der Waals surface area contributed by atoms with Gasteiger partial charge in [0, 0.05) is 0 Å². The lowest BCUT2D eigenvalue weighted by molar-refractivity contribution is 0.804. The van der Waals surface area contributed by atoms with Gasteiger partial charge in [0.05, 0.1) is 8.07 Å². The van der Waals surface area contributed by atoms with Crippen molar-refractivity contribution in [2.24, 2.45) is 0 Å². The smallest absolute Gasteiger partial charge is 0.156 e. The van der Waals surface area contributed by atoms with Crippen LogP contribution in [0.2, 0.25) is 42.3 Å². The van der Waals surface area contributed by atoms with Crippen LogP contribution in [0.3, 0.4) is 0 Å². The fourth-order valence-electron chi connectivity index (χ4n) is 3.70. The summed E-state index contributed by atoms with van der Waals surface area (Å²) in [5, 5.41) is 0. The van der Waals surface area contributed by atoms with Crippen LogP contribution < -0.4 is 0 Å². The largest absolute Gasteiger partial charge is 0.167 e. The molecule has 1 rings (SSSR count). The van der Waals surface area contributed by atoms with Crippen LogP contribution in [0.25, 0.3) is 0 Å². The summed E-state index contributed by atoms with van der Waals surface area (Å²) >= 11 is 7.01. The van der Waals surface area contributed by atoms with Crippen LogP contribution in [-0.2, 0) is 0 Å². The Hall–Kier alpha value is 0.724. The highest BCUT2D eigenvalue weighted by molar-refractivity contribution is 7.21. The van der Waals surface area contributed by atoms with E-state index < -0.39 is 15.5 Å². The first-order chi connectivity index (χ1) is 9.10. The van der Waals surface area contributed by atoms with Crippen LogP contribution in [-0.4, -0.2) is 15.5 Å². The molecule has 0 saturated carbocycles. The lowest BCUT2D eigenvalue weighted by atomic mass is 10.4. The molecule has 3 heteroatoms. The normalized spacial score (nSPS) is 21.5. The van der Waals surface area contributed by atoms with E-state index in [4.69, 9.17) is 11.1 Å². The van der Waals surface area contributed by atoms with Crippen molar-refractivity contribution in [1.29, 1.82) is 0 Å². The van der Waals surface area contributed by atoms with E-state index in [1.54, 1.807) is 24.2 Å². The first-order valence-electron chi connectivity index (χ1n) is 8.79. The number of hydrogen-bond donors (Lipinski definition) is 0. The minimum Gasteiger partial charge on any atom is -0.167 e. The van der Waals surface area contributed by atoms with Crippen LogP contribution in [0, 0.1) is 0 Å². The minimum atomic E-state index is -1.32. The molecular formula is C16H35ClSi2. The Morgan fingerprint density at radius 2 is 1.11 bits per heavy atom. The summed E-state index contributed by atoms with van der Waals surface area (Å²) in [5.74, 6) is 0. The quantitative estimate of drug-likeness (QED) is 0.316. The summed E-state index contributed by atoms with van der Waals surface area (Å²) in [5.41, 5.74) is 0. The molecule has 1 aliphatic rings. The van der Waals surface area contributed by atoms with Gasteiger partial charge in [-0.1, -0.05) is 83.5 Å². The van der Waals surface area contributed by atoms with Gasteiger partial charge < -0.3 is 0 Å². The van der Waals surface area contributed by atoms with Gasteiger partial charge in [0.1, 0.15) is 0 Å². The highest BCUT2D eigenvalue weighted by Gasteiger charge is 2.43. The third kappa shape index (κ3) is 5.93. The van der Waals surface area contributed by atoms with Gasteiger partial charge in [0.15, 0.2) is 7.38 Å². The van der Waals surface area contributed by atoms with Gasteiger partial charge in [-0.3, -0.25) is 0 Å². The zero-order valence-electron chi connectivity index (χ0n) is 13.6. The molecule has 19 heavy (non-hydrogen) atoms. The number of unbranched alkanes of at least 4 members (excludes halogenated alkanes) is 3. The molecule has 1 fully saturated rings. The molecule has 1 saturated heterocycles.